The molecular formula is C13H11NO2. The fourth-order valence-corrected chi connectivity index (χ4v) is 2.45. The van der Waals surface area contributed by atoms with Crippen LogP contribution < -0.4 is 4.74 Å². The highest BCUT2D eigenvalue weighted by molar-refractivity contribution is 5.90. The summed E-state index contributed by atoms with van der Waals surface area (Å²) >= 11 is 0. The van der Waals surface area contributed by atoms with Gasteiger partial charge in [0.1, 0.15) is 11.5 Å². The highest BCUT2D eigenvalue weighted by Gasteiger charge is 2.45. The molecule has 0 aromatic heterocycles. The lowest BCUT2D eigenvalue weighted by Crippen LogP contribution is -2.40. The lowest BCUT2D eigenvalue weighted by molar-refractivity contribution is -0.126. The van der Waals surface area contributed by atoms with Gasteiger partial charge < -0.3 is 4.74 Å². The second-order valence-corrected chi connectivity index (χ2v) is 4.51. The topological polar surface area (TPSA) is 50.1 Å². The molecule has 16 heavy (non-hydrogen) atoms. The number of nitriles is 1. The van der Waals surface area contributed by atoms with Gasteiger partial charge in [0.25, 0.3) is 0 Å². The van der Waals surface area contributed by atoms with E-state index in [1.54, 1.807) is 0 Å². The van der Waals surface area contributed by atoms with Crippen LogP contribution >= 0.6 is 0 Å². The maximum Gasteiger partial charge on any atom is 0.136 e. The molecule has 1 aromatic carbocycles. The van der Waals surface area contributed by atoms with Crippen molar-refractivity contribution < 1.29 is 9.53 Å². The van der Waals surface area contributed by atoms with Crippen molar-refractivity contribution in [2.24, 2.45) is 0 Å². The van der Waals surface area contributed by atoms with Gasteiger partial charge in [0, 0.05) is 19.3 Å². The lowest BCUT2D eigenvalue weighted by atomic mass is 9.64. The summed E-state index contributed by atoms with van der Waals surface area (Å²) in [6.07, 6.45) is 1.63. The number of carbonyl (C=O) groups is 1. The molecule has 80 valence electrons. The van der Waals surface area contributed by atoms with E-state index in [9.17, 15) is 10.1 Å². The number of nitrogens with zero attached hydrogens (tertiary/aromatic N) is 1. The first-order valence-corrected chi connectivity index (χ1v) is 5.43. The van der Waals surface area contributed by atoms with Gasteiger partial charge >= 0.3 is 0 Å². The summed E-state index contributed by atoms with van der Waals surface area (Å²) in [5.41, 5.74) is 1.57. The molecule has 0 saturated heterocycles. The van der Waals surface area contributed by atoms with E-state index in [1.165, 1.54) is 0 Å². The van der Waals surface area contributed by atoms with E-state index in [0.717, 1.165) is 29.9 Å². The molecule has 1 saturated carbocycles. The maximum absolute atomic E-state index is 11.1. The standard InChI is InChI=1S/C13H11NO2/c14-8-13(6-11(15)7-13)10-1-2-12-9(5-10)3-4-16-12/h1-2,5H,3-4,6-7H2. The van der Waals surface area contributed by atoms with E-state index in [1.807, 2.05) is 18.2 Å². The number of hydrogen-bond acceptors (Lipinski definition) is 3. The first-order valence-electron chi connectivity index (χ1n) is 5.43. The Kier molecular flexibility index (Phi) is 1.81. The minimum Gasteiger partial charge on any atom is -0.493 e. The van der Waals surface area contributed by atoms with Gasteiger partial charge in [0.05, 0.1) is 18.1 Å². The van der Waals surface area contributed by atoms with Gasteiger partial charge in [-0.15, -0.1) is 0 Å². The third kappa shape index (κ3) is 1.16. The number of Topliss-reactive ketones (excluding diaryl/α,β-unsaturated/α-hetero) is 1. The molecule has 0 atom stereocenters. The Morgan fingerprint density at radius 2 is 2.19 bits per heavy atom. The summed E-state index contributed by atoms with van der Waals surface area (Å²) in [5, 5.41) is 9.22. The molecule has 1 fully saturated rings. The molecule has 0 radical (unpaired) electrons. The van der Waals surface area contributed by atoms with Gasteiger partial charge in [-0.05, 0) is 17.2 Å². The van der Waals surface area contributed by atoms with Gasteiger partial charge in [-0.3, -0.25) is 4.79 Å². The average molecular weight is 213 g/mol. The smallest absolute Gasteiger partial charge is 0.136 e. The van der Waals surface area contributed by atoms with Crippen LogP contribution in [0.2, 0.25) is 0 Å². The average Bonchev–Trinajstić information content (AvgIpc) is 2.71. The first kappa shape index (κ1) is 9.41. The third-order valence-electron chi connectivity index (χ3n) is 3.45. The second-order valence-electron chi connectivity index (χ2n) is 4.51. The van der Waals surface area contributed by atoms with Crippen molar-refractivity contribution in [3.05, 3.63) is 29.3 Å². The third-order valence-corrected chi connectivity index (χ3v) is 3.45. The van der Waals surface area contributed by atoms with Crippen LogP contribution in [0.3, 0.4) is 0 Å². The first-order chi connectivity index (χ1) is 7.73. The van der Waals surface area contributed by atoms with Crippen LogP contribution in [0.5, 0.6) is 5.75 Å². The molecule has 3 nitrogen and oxygen atoms in total. The van der Waals surface area contributed by atoms with E-state index >= 15 is 0 Å². The van der Waals surface area contributed by atoms with Crippen molar-refractivity contribution in [1.29, 1.82) is 5.26 Å². The van der Waals surface area contributed by atoms with Crippen LogP contribution in [-0.2, 0) is 16.6 Å². The second kappa shape index (κ2) is 3.08. The Hall–Kier alpha value is -1.82. The molecule has 1 aromatic rings. The zero-order valence-corrected chi connectivity index (χ0v) is 8.82. The minimum absolute atomic E-state index is 0.179. The molecule has 1 aliphatic heterocycles. The highest BCUT2D eigenvalue weighted by Crippen LogP contribution is 2.42. The van der Waals surface area contributed by atoms with Crippen molar-refractivity contribution in [2.45, 2.75) is 24.7 Å². The highest BCUT2D eigenvalue weighted by atomic mass is 16.5. The van der Waals surface area contributed by atoms with Crippen LogP contribution in [0.15, 0.2) is 18.2 Å². The molecule has 0 amide bonds. The fraction of sp³-hybridized carbons (Fsp3) is 0.385. The van der Waals surface area contributed by atoms with Gasteiger partial charge in [0.15, 0.2) is 0 Å². The SMILES string of the molecule is N#CC1(c2ccc3c(c2)CCO3)CC(=O)C1. The van der Waals surface area contributed by atoms with Gasteiger partial charge in [-0.1, -0.05) is 12.1 Å². The molecule has 0 spiro atoms. The van der Waals surface area contributed by atoms with Crippen molar-refractivity contribution >= 4 is 5.78 Å². The molecule has 1 heterocycles. The molecule has 0 N–H and O–H groups in total. The largest absolute Gasteiger partial charge is 0.493 e. The predicted molar refractivity (Wildman–Crippen MR) is 57.2 cm³/mol. The summed E-state index contributed by atoms with van der Waals surface area (Å²) in [4.78, 5) is 11.1. The van der Waals surface area contributed by atoms with E-state index in [2.05, 4.69) is 6.07 Å². The quantitative estimate of drug-likeness (QED) is 0.714. The summed E-state index contributed by atoms with van der Waals surface area (Å²) in [5.74, 6) is 1.10. The Labute approximate surface area is 93.6 Å². The summed E-state index contributed by atoms with van der Waals surface area (Å²) in [6.45, 7) is 0.720. The van der Waals surface area contributed by atoms with Crippen LogP contribution in [-0.4, -0.2) is 12.4 Å². The molecule has 2 aliphatic rings. The summed E-state index contributed by atoms with van der Waals surface area (Å²) in [6, 6.07) is 8.15. The van der Waals surface area contributed by atoms with Crippen LogP contribution in [0.25, 0.3) is 0 Å². The zero-order valence-electron chi connectivity index (χ0n) is 8.82. The number of ketones is 1. The fourth-order valence-electron chi connectivity index (χ4n) is 2.45. The normalized spacial score (nSPS) is 20.6. The van der Waals surface area contributed by atoms with Crippen molar-refractivity contribution in [2.75, 3.05) is 6.61 Å². The van der Waals surface area contributed by atoms with Crippen LogP contribution in [0.4, 0.5) is 0 Å². The number of rotatable bonds is 1. The molecule has 0 bridgehead atoms. The molecular weight excluding hydrogens is 202 g/mol. The van der Waals surface area contributed by atoms with Crippen molar-refractivity contribution in [3.8, 4) is 11.8 Å². The summed E-state index contributed by atoms with van der Waals surface area (Å²) < 4.78 is 5.42. The van der Waals surface area contributed by atoms with E-state index < -0.39 is 5.41 Å². The van der Waals surface area contributed by atoms with E-state index in [0.29, 0.717) is 12.8 Å². The monoisotopic (exact) mass is 213 g/mol. The molecule has 1 aliphatic carbocycles. The lowest BCUT2D eigenvalue weighted by Gasteiger charge is -2.34. The molecule has 0 unspecified atom stereocenters. The van der Waals surface area contributed by atoms with Crippen molar-refractivity contribution in [3.63, 3.8) is 0 Å². The summed E-state index contributed by atoms with van der Waals surface area (Å²) in [7, 11) is 0. The Morgan fingerprint density at radius 1 is 1.38 bits per heavy atom. The zero-order chi connectivity index (χ0) is 11.2. The number of hydrogen-bond donors (Lipinski definition) is 0. The molecule has 3 rings (SSSR count). The van der Waals surface area contributed by atoms with Gasteiger partial charge in [-0.25, -0.2) is 0 Å². The number of ether oxygens (including phenoxy) is 1. The number of benzene rings is 1. The van der Waals surface area contributed by atoms with Gasteiger partial charge in [-0.2, -0.15) is 5.26 Å². The van der Waals surface area contributed by atoms with E-state index in [-0.39, 0.29) is 5.78 Å². The minimum atomic E-state index is -0.561. The predicted octanol–water partition coefficient (Wildman–Crippen LogP) is 1.75. The van der Waals surface area contributed by atoms with Gasteiger partial charge in [0.2, 0.25) is 0 Å². The Morgan fingerprint density at radius 3 is 2.88 bits per heavy atom. The van der Waals surface area contributed by atoms with Crippen LogP contribution in [0.1, 0.15) is 24.0 Å². The maximum atomic E-state index is 11.1. The number of fused-ring (bicyclic) bond motifs is 1. The Bertz CT molecular complexity index is 505. The van der Waals surface area contributed by atoms with E-state index in [4.69, 9.17) is 4.74 Å². The molecule has 3 heteroatoms. The number of carbonyl (C=O) groups excluding carboxylic acids is 1. The van der Waals surface area contributed by atoms with Crippen LogP contribution in [0, 0.1) is 11.3 Å². The Balaban J connectivity index is 2.01. The van der Waals surface area contributed by atoms with Crippen molar-refractivity contribution in [1.82, 2.24) is 0 Å².